The van der Waals surface area contributed by atoms with Gasteiger partial charge in [0.1, 0.15) is 0 Å². The Morgan fingerprint density at radius 3 is 2.58 bits per heavy atom. The molecule has 0 aromatic heterocycles. The summed E-state index contributed by atoms with van der Waals surface area (Å²) in [7, 11) is -3.48. The van der Waals surface area contributed by atoms with Crippen molar-refractivity contribution in [2.75, 3.05) is 26.2 Å². The number of rotatable bonds is 7. The quantitative estimate of drug-likeness (QED) is 0.686. The number of hydrogen-bond acceptors (Lipinski definition) is 5. The van der Waals surface area contributed by atoms with Crippen LogP contribution in [0.1, 0.15) is 32.6 Å². The number of nitrogens with two attached hydrogens (primary N) is 1. The van der Waals surface area contributed by atoms with E-state index in [0.29, 0.717) is 45.5 Å². The summed E-state index contributed by atoms with van der Waals surface area (Å²) in [6, 6.07) is 1.87. The van der Waals surface area contributed by atoms with Crippen LogP contribution in [0.15, 0.2) is 0 Å². The molecule has 19 heavy (non-hydrogen) atoms. The fraction of sp³-hybridized carbons (Fsp3) is 0.917. The third kappa shape index (κ3) is 4.42. The molecular formula is C12H23N3O3S. The van der Waals surface area contributed by atoms with Crippen molar-refractivity contribution in [1.29, 1.82) is 5.26 Å². The summed E-state index contributed by atoms with van der Waals surface area (Å²) in [5.41, 5.74) is 5.39. The second kappa shape index (κ2) is 7.80. The third-order valence-electron chi connectivity index (χ3n) is 3.34. The Hall–Kier alpha value is -0.680. The average molecular weight is 289 g/mol. The Morgan fingerprint density at radius 2 is 2.11 bits per heavy atom. The van der Waals surface area contributed by atoms with E-state index in [1.165, 1.54) is 4.31 Å². The number of hydrogen-bond donors (Lipinski definition) is 1. The van der Waals surface area contributed by atoms with Gasteiger partial charge in [0.25, 0.3) is 0 Å². The Morgan fingerprint density at radius 1 is 1.47 bits per heavy atom. The molecule has 1 saturated heterocycles. The summed E-state index contributed by atoms with van der Waals surface area (Å²) in [5, 5.41) is 7.97. The molecule has 7 heteroatoms. The van der Waals surface area contributed by atoms with E-state index < -0.39 is 15.3 Å². The number of sulfonamides is 1. The van der Waals surface area contributed by atoms with Crippen molar-refractivity contribution in [3.8, 4) is 6.07 Å². The van der Waals surface area contributed by atoms with Crippen LogP contribution in [-0.2, 0) is 14.8 Å². The van der Waals surface area contributed by atoms with Gasteiger partial charge in [0, 0.05) is 19.7 Å². The number of piperidine rings is 1. The highest BCUT2D eigenvalue weighted by Crippen LogP contribution is 2.20. The van der Waals surface area contributed by atoms with Gasteiger partial charge in [-0.15, -0.1) is 0 Å². The van der Waals surface area contributed by atoms with Crippen molar-refractivity contribution in [1.82, 2.24) is 4.31 Å². The maximum atomic E-state index is 12.2. The summed E-state index contributed by atoms with van der Waals surface area (Å²) in [6.45, 7) is 3.83. The van der Waals surface area contributed by atoms with Crippen molar-refractivity contribution < 1.29 is 13.2 Å². The van der Waals surface area contributed by atoms with Gasteiger partial charge < -0.3 is 10.5 Å². The van der Waals surface area contributed by atoms with Gasteiger partial charge in [0.2, 0.25) is 10.0 Å². The van der Waals surface area contributed by atoms with Crippen molar-refractivity contribution in [2.24, 2.45) is 5.73 Å². The molecule has 0 spiro atoms. The average Bonchev–Trinajstić information content (AvgIpc) is 2.41. The standard InChI is InChI=1S/C12H23N3O3S/c1-2-12(10-14)19(16,17)15-7-4-11(5-8-15)18-9-3-6-13/h11-12H,2-9,13H2,1H3. The van der Waals surface area contributed by atoms with Crippen LogP contribution in [0.5, 0.6) is 0 Å². The molecule has 0 bridgehead atoms. The lowest BCUT2D eigenvalue weighted by molar-refractivity contribution is 0.0208. The predicted octanol–water partition coefficient (Wildman–Crippen LogP) is 0.448. The minimum atomic E-state index is -3.48. The number of nitriles is 1. The topological polar surface area (TPSA) is 96.4 Å². The first-order valence-electron chi connectivity index (χ1n) is 6.76. The van der Waals surface area contributed by atoms with Crippen LogP contribution in [0.3, 0.4) is 0 Å². The molecule has 1 heterocycles. The molecule has 110 valence electrons. The highest BCUT2D eigenvalue weighted by molar-refractivity contribution is 7.90. The first kappa shape index (κ1) is 16.4. The van der Waals surface area contributed by atoms with Crippen LogP contribution in [-0.4, -0.2) is 50.3 Å². The van der Waals surface area contributed by atoms with E-state index in [1.807, 2.05) is 6.07 Å². The minimum Gasteiger partial charge on any atom is -0.378 e. The zero-order valence-electron chi connectivity index (χ0n) is 11.4. The normalized spacial score (nSPS) is 20.1. The Balaban J connectivity index is 2.47. The van der Waals surface area contributed by atoms with Crippen LogP contribution in [0, 0.1) is 11.3 Å². The monoisotopic (exact) mass is 289 g/mol. The van der Waals surface area contributed by atoms with Crippen LogP contribution >= 0.6 is 0 Å². The molecule has 0 aromatic carbocycles. The Kier molecular flexibility index (Phi) is 6.72. The van der Waals surface area contributed by atoms with E-state index in [9.17, 15) is 8.42 Å². The van der Waals surface area contributed by atoms with E-state index in [-0.39, 0.29) is 6.10 Å². The fourth-order valence-corrected chi connectivity index (χ4v) is 3.77. The lowest BCUT2D eigenvalue weighted by Gasteiger charge is -2.32. The summed E-state index contributed by atoms with van der Waals surface area (Å²) < 4.78 is 31.4. The number of nitrogens with zero attached hydrogens (tertiary/aromatic N) is 2. The highest BCUT2D eigenvalue weighted by atomic mass is 32.2. The molecule has 1 unspecified atom stereocenters. The van der Waals surface area contributed by atoms with Gasteiger partial charge in [0.05, 0.1) is 12.2 Å². The molecule has 0 radical (unpaired) electrons. The molecule has 0 aromatic rings. The Bertz CT molecular complexity index is 397. The lowest BCUT2D eigenvalue weighted by Crippen LogP contribution is -2.44. The second-order valence-corrected chi connectivity index (χ2v) is 6.80. The summed E-state index contributed by atoms with van der Waals surface area (Å²) >= 11 is 0. The van der Waals surface area contributed by atoms with Gasteiger partial charge in [-0.2, -0.15) is 5.26 Å². The SMILES string of the molecule is CCC(C#N)S(=O)(=O)N1CCC(OCCCN)CC1. The molecule has 0 amide bonds. The molecule has 6 nitrogen and oxygen atoms in total. The fourth-order valence-electron chi connectivity index (χ4n) is 2.14. The zero-order chi connectivity index (χ0) is 14.3. The van der Waals surface area contributed by atoms with Crippen LogP contribution in [0.4, 0.5) is 0 Å². The van der Waals surface area contributed by atoms with Gasteiger partial charge in [-0.05, 0) is 32.2 Å². The maximum absolute atomic E-state index is 12.2. The van der Waals surface area contributed by atoms with Gasteiger partial charge in [-0.3, -0.25) is 0 Å². The van der Waals surface area contributed by atoms with Gasteiger partial charge in [-0.1, -0.05) is 6.92 Å². The summed E-state index contributed by atoms with van der Waals surface area (Å²) in [5.74, 6) is 0. The molecule has 0 saturated carbocycles. The van der Waals surface area contributed by atoms with Crippen molar-refractivity contribution >= 4 is 10.0 Å². The summed E-state index contributed by atoms with van der Waals surface area (Å²) in [4.78, 5) is 0. The molecule has 1 rings (SSSR count). The number of ether oxygens (including phenoxy) is 1. The van der Waals surface area contributed by atoms with Crippen molar-refractivity contribution in [3.63, 3.8) is 0 Å². The van der Waals surface area contributed by atoms with Crippen LogP contribution < -0.4 is 5.73 Å². The highest BCUT2D eigenvalue weighted by Gasteiger charge is 2.33. The van der Waals surface area contributed by atoms with E-state index in [4.69, 9.17) is 15.7 Å². The molecule has 1 fully saturated rings. The van der Waals surface area contributed by atoms with Crippen LogP contribution in [0.2, 0.25) is 0 Å². The lowest BCUT2D eigenvalue weighted by atomic mass is 10.1. The van der Waals surface area contributed by atoms with Crippen LogP contribution in [0.25, 0.3) is 0 Å². The second-order valence-electron chi connectivity index (χ2n) is 4.68. The van der Waals surface area contributed by atoms with E-state index >= 15 is 0 Å². The first-order chi connectivity index (χ1) is 9.06. The maximum Gasteiger partial charge on any atom is 0.230 e. The van der Waals surface area contributed by atoms with Crippen molar-refractivity contribution in [3.05, 3.63) is 0 Å². The van der Waals surface area contributed by atoms with Gasteiger partial charge >= 0.3 is 0 Å². The largest absolute Gasteiger partial charge is 0.378 e. The molecule has 2 N–H and O–H groups in total. The first-order valence-corrected chi connectivity index (χ1v) is 8.26. The predicted molar refractivity (Wildman–Crippen MR) is 72.8 cm³/mol. The Labute approximate surface area is 115 Å². The molecule has 1 aliphatic rings. The van der Waals surface area contributed by atoms with E-state index in [1.54, 1.807) is 6.92 Å². The van der Waals surface area contributed by atoms with E-state index in [0.717, 1.165) is 6.42 Å². The minimum absolute atomic E-state index is 0.111. The zero-order valence-corrected chi connectivity index (χ0v) is 12.2. The molecule has 0 aliphatic carbocycles. The molecule has 1 aliphatic heterocycles. The molecular weight excluding hydrogens is 266 g/mol. The van der Waals surface area contributed by atoms with Gasteiger partial charge in [-0.25, -0.2) is 12.7 Å². The third-order valence-corrected chi connectivity index (χ3v) is 5.58. The van der Waals surface area contributed by atoms with Crippen molar-refractivity contribution in [2.45, 2.75) is 44.0 Å². The summed E-state index contributed by atoms with van der Waals surface area (Å²) in [6.07, 6.45) is 2.63. The van der Waals surface area contributed by atoms with Gasteiger partial charge in [0.15, 0.2) is 5.25 Å². The van der Waals surface area contributed by atoms with E-state index in [2.05, 4.69) is 0 Å². The smallest absolute Gasteiger partial charge is 0.230 e. The molecule has 1 atom stereocenters.